The molecule has 0 radical (unpaired) electrons. The molecule has 0 aromatic heterocycles. The van der Waals surface area contributed by atoms with Crippen molar-refractivity contribution in [2.45, 2.75) is 0 Å². The van der Waals surface area contributed by atoms with E-state index >= 15 is 0 Å². The molecule has 0 bridgehead atoms. The highest BCUT2D eigenvalue weighted by atomic mass is 16.6. The third-order valence-electron chi connectivity index (χ3n) is 4.74. The van der Waals surface area contributed by atoms with E-state index in [0.717, 1.165) is 27.1 Å². The fourth-order valence-electron chi connectivity index (χ4n) is 3.58. The highest BCUT2D eigenvalue weighted by Gasteiger charge is 2.26. The van der Waals surface area contributed by atoms with E-state index in [4.69, 9.17) is 9.47 Å². The van der Waals surface area contributed by atoms with E-state index in [-0.39, 0.29) is 11.4 Å². The molecule has 0 spiro atoms. The van der Waals surface area contributed by atoms with Crippen LogP contribution < -0.4 is 9.47 Å². The zero-order valence-corrected chi connectivity index (χ0v) is 14.9. The van der Waals surface area contributed by atoms with Crippen LogP contribution in [0.25, 0.3) is 32.7 Å². The van der Waals surface area contributed by atoms with Crippen LogP contribution in [0.3, 0.4) is 0 Å². The third kappa shape index (κ3) is 2.64. The average molecular weight is 359 g/mol. The second-order valence-electron chi connectivity index (χ2n) is 6.15. The van der Waals surface area contributed by atoms with Crippen LogP contribution in [0.5, 0.6) is 11.5 Å². The van der Waals surface area contributed by atoms with Crippen molar-refractivity contribution in [1.82, 2.24) is 0 Å². The van der Waals surface area contributed by atoms with Gasteiger partial charge >= 0.3 is 5.69 Å². The number of nitrogens with zero attached hydrogens (tertiary/aromatic N) is 1. The molecule has 0 aliphatic heterocycles. The zero-order valence-electron chi connectivity index (χ0n) is 14.9. The SMILES string of the molecule is COc1ccc2ccccc2c1-c1c(OC)c([N+](=O)[O-])cc2ccccc12. The smallest absolute Gasteiger partial charge is 0.312 e. The van der Waals surface area contributed by atoms with Gasteiger partial charge in [0.15, 0.2) is 0 Å². The molecule has 5 heteroatoms. The molecule has 0 saturated carbocycles. The van der Waals surface area contributed by atoms with Crippen LogP contribution in [0, 0.1) is 10.1 Å². The first-order chi connectivity index (χ1) is 13.2. The van der Waals surface area contributed by atoms with E-state index in [9.17, 15) is 10.1 Å². The van der Waals surface area contributed by atoms with Gasteiger partial charge in [0.05, 0.1) is 19.1 Å². The molecule has 0 saturated heterocycles. The molecule has 134 valence electrons. The molecule has 5 nitrogen and oxygen atoms in total. The Labute approximate surface area is 155 Å². The van der Waals surface area contributed by atoms with Gasteiger partial charge in [0, 0.05) is 17.2 Å². The Morgan fingerprint density at radius 1 is 0.778 bits per heavy atom. The number of nitro benzene ring substituents is 1. The topological polar surface area (TPSA) is 61.6 Å². The summed E-state index contributed by atoms with van der Waals surface area (Å²) in [5.41, 5.74) is 1.38. The predicted octanol–water partition coefficient (Wildman–Crippen LogP) is 5.59. The minimum Gasteiger partial charge on any atom is -0.496 e. The first-order valence-electron chi connectivity index (χ1n) is 8.46. The van der Waals surface area contributed by atoms with Gasteiger partial charge in [-0.15, -0.1) is 0 Å². The molecule has 4 aromatic rings. The molecule has 0 heterocycles. The number of hydrogen-bond donors (Lipinski definition) is 0. The normalized spacial score (nSPS) is 10.9. The van der Waals surface area contributed by atoms with E-state index in [0.29, 0.717) is 11.3 Å². The van der Waals surface area contributed by atoms with Crippen LogP contribution in [0.2, 0.25) is 0 Å². The minimum atomic E-state index is -0.410. The zero-order chi connectivity index (χ0) is 19.0. The van der Waals surface area contributed by atoms with E-state index in [1.165, 1.54) is 7.11 Å². The molecule has 0 aliphatic carbocycles. The second-order valence-corrected chi connectivity index (χ2v) is 6.15. The summed E-state index contributed by atoms with van der Waals surface area (Å²) in [6.07, 6.45) is 0. The minimum absolute atomic E-state index is 0.0683. The van der Waals surface area contributed by atoms with Crippen molar-refractivity contribution in [3.05, 3.63) is 76.8 Å². The monoisotopic (exact) mass is 359 g/mol. The van der Waals surface area contributed by atoms with Gasteiger partial charge in [0.1, 0.15) is 5.75 Å². The molecule has 27 heavy (non-hydrogen) atoms. The van der Waals surface area contributed by atoms with Crippen LogP contribution >= 0.6 is 0 Å². The molecule has 4 aromatic carbocycles. The molecule has 0 fully saturated rings. The van der Waals surface area contributed by atoms with Crippen molar-refractivity contribution < 1.29 is 14.4 Å². The van der Waals surface area contributed by atoms with Crippen LogP contribution in [0.1, 0.15) is 0 Å². The number of hydrogen-bond acceptors (Lipinski definition) is 4. The Kier molecular flexibility index (Phi) is 4.12. The summed E-state index contributed by atoms with van der Waals surface area (Å²) in [4.78, 5) is 11.3. The Hall–Kier alpha value is -3.60. The molecule has 4 rings (SSSR count). The second kappa shape index (κ2) is 6.61. The van der Waals surface area contributed by atoms with Crippen molar-refractivity contribution in [3.63, 3.8) is 0 Å². The predicted molar refractivity (Wildman–Crippen MR) is 107 cm³/mol. The number of rotatable bonds is 4. The fourth-order valence-corrected chi connectivity index (χ4v) is 3.58. The Morgan fingerprint density at radius 2 is 1.41 bits per heavy atom. The third-order valence-corrected chi connectivity index (χ3v) is 4.74. The summed E-state index contributed by atoms with van der Waals surface area (Å²) in [7, 11) is 3.05. The van der Waals surface area contributed by atoms with E-state index < -0.39 is 4.92 Å². The highest BCUT2D eigenvalue weighted by molar-refractivity contribution is 6.11. The molecule has 0 unspecified atom stereocenters. The average Bonchev–Trinajstić information content (AvgIpc) is 2.71. The van der Waals surface area contributed by atoms with Gasteiger partial charge in [-0.2, -0.15) is 0 Å². The van der Waals surface area contributed by atoms with Crippen LogP contribution in [0.4, 0.5) is 5.69 Å². The molecule has 0 N–H and O–H groups in total. The van der Waals surface area contributed by atoms with Gasteiger partial charge in [-0.1, -0.05) is 54.6 Å². The quantitative estimate of drug-likeness (QED) is 0.352. The van der Waals surface area contributed by atoms with Gasteiger partial charge in [-0.3, -0.25) is 10.1 Å². The Morgan fingerprint density at radius 3 is 2.04 bits per heavy atom. The highest BCUT2D eigenvalue weighted by Crippen LogP contribution is 2.48. The number of fused-ring (bicyclic) bond motifs is 2. The van der Waals surface area contributed by atoms with Crippen LogP contribution in [-0.4, -0.2) is 19.1 Å². The van der Waals surface area contributed by atoms with E-state index in [1.54, 1.807) is 13.2 Å². The molecule has 0 aliphatic rings. The lowest BCUT2D eigenvalue weighted by molar-refractivity contribution is -0.385. The van der Waals surface area contributed by atoms with Gasteiger partial charge in [0.25, 0.3) is 0 Å². The lowest BCUT2D eigenvalue weighted by atomic mass is 9.91. The summed E-state index contributed by atoms with van der Waals surface area (Å²) >= 11 is 0. The first kappa shape index (κ1) is 16.8. The summed E-state index contributed by atoms with van der Waals surface area (Å²) in [6, 6.07) is 20.9. The number of nitro groups is 1. The van der Waals surface area contributed by atoms with Crippen molar-refractivity contribution in [1.29, 1.82) is 0 Å². The van der Waals surface area contributed by atoms with Crippen LogP contribution in [-0.2, 0) is 0 Å². The van der Waals surface area contributed by atoms with E-state index in [2.05, 4.69) is 0 Å². The van der Waals surface area contributed by atoms with Crippen LogP contribution in [0.15, 0.2) is 66.7 Å². The molecular weight excluding hydrogens is 342 g/mol. The van der Waals surface area contributed by atoms with Gasteiger partial charge < -0.3 is 9.47 Å². The number of benzene rings is 4. The maximum Gasteiger partial charge on any atom is 0.312 e. The molecule has 0 atom stereocenters. The van der Waals surface area contributed by atoms with Gasteiger partial charge in [-0.25, -0.2) is 0 Å². The molecule has 0 amide bonds. The Bertz CT molecular complexity index is 1180. The fraction of sp³-hybridized carbons (Fsp3) is 0.0909. The van der Waals surface area contributed by atoms with Gasteiger partial charge in [0.2, 0.25) is 5.75 Å². The van der Waals surface area contributed by atoms with Crippen molar-refractivity contribution in [2.24, 2.45) is 0 Å². The summed E-state index contributed by atoms with van der Waals surface area (Å²) in [6.45, 7) is 0. The summed E-state index contributed by atoms with van der Waals surface area (Å²) in [5.74, 6) is 0.867. The van der Waals surface area contributed by atoms with Crippen molar-refractivity contribution >= 4 is 27.2 Å². The molecular formula is C22H17NO4. The van der Waals surface area contributed by atoms with Gasteiger partial charge in [-0.05, 0) is 27.6 Å². The summed E-state index contributed by atoms with van der Waals surface area (Å²) in [5, 5.41) is 15.3. The van der Waals surface area contributed by atoms with Crippen molar-refractivity contribution in [2.75, 3.05) is 14.2 Å². The van der Waals surface area contributed by atoms with Crippen molar-refractivity contribution in [3.8, 4) is 22.6 Å². The maximum absolute atomic E-state index is 11.7. The number of ether oxygens (including phenoxy) is 2. The van der Waals surface area contributed by atoms with E-state index in [1.807, 2.05) is 60.7 Å². The lowest BCUT2D eigenvalue weighted by Crippen LogP contribution is -1.99. The summed E-state index contributed by atoms with van der Waals surface area (Å²) < 4.78 is 11.2. The maximum atomic E-state index is 11.7. The standard InChI is InChI=1S/C22H17NO4/c1-26-19-12-11-14-7-3-5-9-16(14)20(19)21-17-10-6-4-8-15(17)13-18(23(24)25)22(21)27-2/h3-13H,1-2H3. The lowest BCUT2D eigenvalue weighted by Gasteiger charge is -2.17. The number of methoxy groups -OCH3 is 2. The Balaban J connectivity index is 2.26. The first-order valence-corrected chi connectivity index (χ1v) is 8.46. The largest absolute Gasteiger partial charge is 0.496 e.